The van der Waals surface area contributed by atoms with E-state index >= 15 is 0 Å². The van der Waals surface area contributed by atoms with E-state index in [0.29, 0.717) is 30.8 Å². The van der Waals surface area contributed by atoms with Crippen molar-refractivity contribution in [1.82, 2.24) is 25.0 Å². The van der Waals surface area contributed by atoms with Gasteiger partial charge in [0.25, 0.3) is 5.91 Å². The number of carbonyl (C=O) groups is 2. The smallest absolute Gasteiger partial charge is 0.319 e. The number of hydrogen-bond donors (Lipinski definition) is 3. The van der Waals surface area contributed by atoms with Crippen LogP contribution in [0.4, 0.5) is 14.9 Å². The van der Waals surface area contributed by atoms with Gasteiger partial charge in [-0.15, -0.1) is 0 Å². The van der Waals surface area contributed by atoms with Gasteiger partial charge < -0.3 is 15.1 Å². The van der Waals surface area contributed by atoms with Gasteiger partial charge in [-0.25, -0.2) is 15.0 Å². The number of nitrogen functional groups attached to an aromatic ring is 1. The molecule has 1 aliphatic heterocycles. The summed E-state index contributed by atoms with van der Waals surface area (Å²) in [7, 11) is 3.82. The fourth-order valence-corrected chi connectivity index (χ4v) is 4.12. The number of anilines is 1. The van der Waals surface area contributed by atoms with E-state index in [1.807, 2.05) is 37.7 Å². The van der Waals surface area contributed by atoms with Gasteiger partial charge in [0.05, 0.1) is 23.4 Å². The molecule has 0 saturated carbocycles. The predicted octanol–water partition coefficient (Wildman–Crippen LogP) is 1.71. The van der Waals surface area contributed by atoms with Crippen molar-refractivity contribution in [3.05, 3.63) is 59.5 Å². The number of likely N-dealkylation sites (N-methyl/N-ethyl adjacent to an activating group) is 1. The number of aromatic nitrogens is 2. The summed E-state index contributed by atoms with van der Waals surface area (Å²) in [5.74, 6) is 4.07. The van der Waals surface area contributed by atoms with E-state index < -0.39 is 11.7 Å². The topological polar surface area (TPSA) is 109 Å². The lowest BCUT2D eigenvalue weighted by atomic mass is 10.0. The molecule has 168 valence electrons. The van der Waals surface area contributed by atoms with Gasteiger partial charge in [0, 0.05) is 37.6 Å². The van der Waals surface area contributed by atoms with Crippen LogP contribution in [0.2, 0.25) is 0 Å². The van der Waals surface area contributed by atoms with Crippen molar-refractivity contribution in [3.63, 3.8) is 0 Å². The summed E-state index contributed by atoms with van der Waals surface area (Å²) in [6.45, 7) is 1.85. The van der Waals surface area contributed by atoms with E-state index in [2.05, 4.69) is 15.3 Å². The Morgan fingerprint density at radius 1 is 1.22 bits per heavy atom. The highest BCUT2D eigenvalue weighted by molar-refractivity contribution is 6.00. The minimum atomic E-state index is -0.557. The summed E-state index contributed by atoms with van der Waals surface area (Å²) in [5.41, 5.74) is 4.18. The SMILES string of the molecule is CN1CCN(C(=O)Nc2cccc3c2cnn3C)C(Cc2ccc(C(=O)NN)cc2F)C1. The Morgan fingerprint density at radius 3 is 2.78 bits per heavy atom. The maximum absolute atomic E-state index is 14.7. The molecule has 3 aromatic rings. The molecule has 1 aliphatic rings. The number of nitrogens with one attached hydrogen (secondary N) is 2. The van der Waals surface area contributed by atoms with Crippen LogP contribution in [-0.2, 0) is 13.5 Å². The lowest BCUT2D eigenvalue weighted by Crippen LogP contribution is -2.56. The van der Waals surface area contributed by atoms with E-state index in [0.717, 1.165) is 23.5 Å². The first-order chi connectivity index (χ1) is 15.4. The average Bonchev–Trinajstić information content (AvgIpc) is 3.16. The van der Waals surface area contributed by atoms with E-state index in [9.17, 15) is 14.0 Å². The molecule has 10 heteroatoms. The highest BCUT2D eigenvalue weighted by Crippen LogP contribution is 2.24. The molecular formula is C22H26FN7O2. The Bertz CT molecular complexity index is 1160. The highest BCUT2D eigenvalue weighted by Gasteiger charge is 2.30. The first-order valence-corrected chi connectivity index (χ1v) is 10.3. The van der Waals surface area contributed by atoms with Gasteiger partial charge in [-0.2, -0.15) is 5.10 Å². The maximum atomic E-state index is 14.7. The highest BCUT2D eigenvalue weighted by atomic mass is 19.1. The normalized spacial score (nSPS) is 16.9. The summed E-state index contributed by atoms with van der Waals surface area (Å²) in [5, 5.41) is 8.11. The second kappa shape index (κ2) is 8.93. The zero-order valence-corrected chi connectivity index (χ0v) is 18.0. The number of hydrazine groups is 1. The van der Waals surface area contributed by atoms with Crippen molar-refractivity contribution in [2.45, 2.75) is 12.5 Å². The van der Waals surface area contributed by atoms with Gasteiger partial charge in [0.15, 0.2) is 0 Å². The van der Waals surface area contributed by atoms with Crippen molar-refractivity contribution in [1.29, 1.82) is 0 Å². The molecule has 0 radical (unpaired) electrons. The van der Waals surface area contributed by atoms with Crippen LogP contribution in [0.15, 0.2) is 42.6 Å². The molecule has 2 heterocycles. The summed E-state index contributed by atoms with van der Waals surface area (Å²) in [6, 6.07) is 9.45. The molecule has 0 bridgehead atoms. The molecule has 1 fully saturated rings. The van der Waals surface area contributed by atoms with E-state index in [-0.39, 0.29) is 17.6 Å². The van der Waals surface area contributed by atoms with Crippen LogP contribution in [0.5, 0.6) is 0 Å². The van der Waals surface area contributed by atoms with Crippen LogP contribution in [0.25, 0.3) is 10.9 Å². The number of benzene rings is 2. The zero-order valence-electron chi connectivity index (χ0n) is 18.0. The first-order valence-electron chi connectivity index (χ1n) is 10.3. The Kier molecular flexibility index (Phi) is 6.06. The molecule has 1 unspecified atom stereocenters. The number of nitrogens with zero attached hydrogens (tertiary/aromatic N) is 4. The molecular weight excluding hydrogens is 413 g/mol. The lowest BCUT2D eigenvalue weighted by molar-refractivity contribution is 0.0953. The summed E-state index contributed by atoms with van der Waals surface area (Å²) >= 11 is 0. The Morgan fingerprint density at radius 2 is 2.03 bits per heavy atom. The number of hydrogen-bond acceptors (Lipinski definition) is 5. The predicted molar refractivity (Wildman–Crippen MR) is 119 cm³/mol. The van der Waals surface area contributed by atoms with Gasteiger partial charge in [0.2, 0.25) is 0 Å². The molecule has 4 N–H and O–H groups in total. The summed E-state index contributed by atoms with van der Waals surface area (Å²) < 4.78 is 16.4. The van der Waals surface area contributed by atoms with Crippen molar-refractivity contribution < 1.29 is 14.0 Å². The monoisotopic (exact) mass is 439 g/mol. The number of rotatable bonds is 4. The second-order valence-corrected chi connectivity index (χ2v) is 8.03. The number of urea groups is 1. The third-order valence-electron chi connectivity index (χ3n) is 5.88. The molecule has 1 saturated heterocycles. The molecule has 32 heavy (non-hydrogen) atoms. The first kappa shape index (κ1) is 21.7. The van der Waals surface area contributed by atoms with Crippen molar-refractivity contribution in [2.75, 3.05) is 32.0 Å². The quantitative estimate of drug-likeness (QED) is 0.326. The van der Waals surface area contributed by atoms with Gasteiger partial charge in [-0.05, 0) is 43.3 Å². The van der Waals surface area contributed by atoms with Gasteiger partial charge in [-0.1, -0.05) is 12.1 Å². The van der Waals surface area contributed by atoms with Gasteiger partial charge >= 0.3 is 6.03 Å². The largest absolute Gasteiger partial charge is 0.322 e. The maximum Gasteiger partial charge on any atom is 0.322 e. The molecule has 0 aliphatic carbocycles. The van der Waals surface area contributed by atoms with Crippen molar-refractivity contribution in [3.8, 4) is 0 Å². The van der Waals surface area contributed by atoms with E-state index in [1.165, 1.54) is 6.07 Å². The van der Waals surface area contributed by atoms with Crippen LogP contribution >= 0.6 is 0 Å². The van der Waals surface area contributed by atoms with E-state index in [4.69, 9.17) is 5.84 Å². The third-order valence-corrected chi connectivity index (χ3v) is 5.88. The van der Waals surface area contributed by atoms with Crippen molar-refractivity contribution in [2.24, 2.45) is 12.9 Å². The lowest BCUT2D eigenvalue weighted by Gasteiger charge is -2.40. The minimum absolute atomic E-state index is 0.147. The minimum Gasteiger partial charge on any atom is -0.319 e. The Balaban J connectivity index is 1.54. The van der Waals surface area contributed by atoms with Crippen LogP contribution in [0.3, 0.4) is 0 Å². The number of piperazine rings is 1. The number of aryl methyl sites for hydroxylation is 1. The second-order valence-electron chi connectivity index (χ2n) is 8.03. The molecule has 9 nitrogen and oxygen atoms in total. The van der Waals surface area contributed by atoms with Crippen LogP contribution in [0, 0.1) is 5.82 Å². The summed E-state index contributed by atoms with van der Waals surface area (Å²) in [4.78, 5) is 28.7. The average molecular weight is 439 g/mol. The van der Waals surface area contributed by atoms with E-state index in [1.54, 1.807) is 21.8 Å². The van der Waals surface area contributed by atoms with Crippen molar-refractivity contribution >= 4 is 28.5 Å². The molecule has 1 atom stereocenters. The molecule has 3 amide bonds. The number of fused-ring (bicyclic) bond motifs is 1. The van der Waals surface area contributed by atoms with Gasteiger partial charge in [-0.3, -0.25) is 14.9 Å². The zero-order chi connectivity index (χ0) is 22.8. The number of halogens is 1. The molecule has 1 aromatic heterocycles. The fourth-order valence-electron chi connectivity index (χ4n) is 4.12. The third kappa shape index (κ3) is 4.27. The summed E-state index contributed by atoms with van der Waals surface area (Å²) in [6.07, 6.45) is 2.05. The number of amides is 3. The molecule has 2 aromatic carbocycles. The number of nitrogens with two attached hydrogens (primary N) is 1. The van der Waals surface area contributed by atoms with Crippen LogP contribution in [-0.4, -0.2) is 64.2 Å². The standard InChI is InChI=1S/C22H26FN7O2/c1-28-8-9-30(22(32)26-19-4-3-5-20-17(19)12-25-29(20)2)16(13-28)10-14-6-7-15(11-18(14)23)21(31)27-24/h3-7,11-12,16H,8-10,13,24H2,1-2H3,(H,26,32)(H,27,31). The van der Waals surface area contributed by atoms with Crippen LogP contribution < -0.4 is 16.6 Å². The Hall–Kier alpha value is -3.50. The Labute approximate surface area is 184 Å². The van der Waals surface area contributed by atoms with Gasteiger partial charge in [0.1, 0.15) is 5.82 Å². The molecule has 0 spiro atoms. The molecule has 4 rings (SSSR count). The van der Waals surface area contributed by atoms with Crippen LogP contribution in [0.1, 0.15) is 15.9 Å². The number of carbonyl (C=O) groups excluding carboxylic acids is 2. The fraction of sp³-hybridized carbons (Fsp3) is 0.318.